The maximum Gasteiger partial charge on any atom is 0.262 e. The molecule has 186 valence electrons. The second-order valence-corrected chi connectivity index (χ2v) is 7.93. The van der Waals surface area contributed by atoms with Gasteiger partial charge in [0.2, 0.25) is 11.8 Å². The number of hydrogen-bond acceptors (Lipinski definition) is 8. The number of nitrogens with two attached hydrogens (primary N) is 1. The molecule has 1 aliphatic heterocycles. The Morgan fingerprint density at radius 1 is 1.14 bits per heavy atom. The SMILES string of the molecule is CCOc1ccc(NC(=O)COc2ccc(C3C(C#N)=C(N)Oc4n[nH]c(C)c43)cc2OCC)cc1. The molecule has 0 spiro atoms. The van der Waals surface area contributed by atoms with Gasteiger partial charge in [0.1, 0.15) is 17.4 Å². The Bertz CT molecular complexity index is 1320. The number of allylic oxidation sites excluding steroid dienone is 1. The Hall–Kier alpha value is -4.65. The molecule has 2 aromatic carbocycles. The number of nitrogens with zero attached hydrogens (tertiary/aromatic N) is 2. The van der Waals surface area contributed by atoms with Gasteiger partial charge < -0.3 is 30.0 Å². The van der Waals surface area contributed by atoms with Crippen LogP contribution in [0.5, 0.6) is 23.1 Å². The van der Waals surface area contributed by atoms with Crippen molar-refractivity contribution >= 4 is 11.6 Å². The lowest BCUT2D eigenvalue weighted by Gasteiger charge is -2.24. The fourth-order valence-corrected chi connectivity index (χ4v) is 3.97. The van der Waals surface area contributed by atoms with Crippen LogP contribution >= 0.6 is 0 Å². The van der Waals surface area contributed by atoms with E-state index in [1.165, 1.54) is 0 Å². The minimum atomic E-state index is -0.492. The van der Waals surface area contributed by atoms with E-state index in [2.05, 4.69) is 21.6 Å². The van der Waals surface area contributed by atoms with Crippen molar-refractivity contribution in [1.82, 2.24) is 10.2 Å². The number of aromatic amines is 1. The standard InChI is InChI=1S/C26H27N5O5/c1-4-33-18-9-7-17(8-10-18)29-22(32)14-35-20-11-6-16(12-21(20)34-5-2)24-19(13-27)25(28)36-26-23(24)15(3)30-31-26/h6-12,24H,4-5,14,28H2,1-3H3,(H,29,32)(H,30,31). The molecule has 3 aromatic rings. The summed E-state index contributed by atoms with van der Waals surface area (Å²) in [5.74, 6) is 1.09. The summed E-state index contributed by atoms with van der Waals surface area (Å²) < 4.78 is 22.5. The molecule has 1 unspecified atom stereocenters. The van der Waals surface area contributed by atoms with Crippen molar-refractivity contribution in [2.45, 2.75) is 26.7 Å². The van der Waals surface area contributed by atoms with Crippen LogP contribution in [0.1, 0.15) is 36.6 Å². The lowest BCUT2D eigenvalue weighted by Crippen LogP contribution is -2.21. The molecule has 36 heavy (non-hydrogen) atoms. The first-order chi connectivity index (χ1) is 17.4. The first kappa shape index (κ1) is 24.5. The van der Waals surface area contributed by atoms with Crippen molar-refractivity contribution < 1.29 is 23.7 Å². The van der Waals surface area contributed by atoms with E-state index in [1.807, 2.05) is 20.8 Å². The molecule has 0 aliphatic carbocycles. The molecule has 10 nitrogen and oxygen atoms in total. The number of aromatic nitrogens is 2. The number of carbonyl (C=O) groups is 1. The van der Waals surface area contributed by atoms with Crippen LogP contribution in [-0.4, -0.2) is 35.9 Å². The molecule has 4 rings (SSSR count). The average molecular weight is 490 g/mol. The number of ether oxygens (including phenoxy) is 4. The van der Waals surface area contributed by atoms with E-state index in [-0.39, 0.29) is 24.0 Å². The Morgan fingerprint density at radius 2 is 1.89 bits per heavy atom. The maximum atomic E-state index is 12.5. The smallest absolute Gasteiger partial charge is 0.262 e. The van der Waals surface area contributed by atoms with Gasteiger partial charge in [0.05, 0.1) is 19.1 Å². The molecule has 0 bridgehead atoms. The van der Waals surface area contributed by atoms with E-state index in [0.717, 1.165) is 22.6 Å². The number of hydrogen-bond donors (Lipinski definition) is 3. The van der Waals surface area contributed by atoms with Crippen LogP contribution in [0.4, 0.5) is 5.69 Å². The molecule has 4 N–H and O–H groups in total. The summed E-state index contributed by atoms with van der Waals surface area (Å²) in [7, 11) is 0. The van der Waals surface area contributed by atoms with Crippen molar-refractivity contribution in [3.05, 3.63) is 70.7 Å². The summed E-state index contributed by atoms with van der Waals surface area (Å²) >= 11 is 0. The molecule has 10 heteroatoms. The summed E-state index contributed by atoms with van der Waals surface area (Å²) in [5.41, 5.74) is 9.16. The van der Waals surface area contributed by atoms with Gasteiger partial charge in [-0.2, -0.15) is 5.26 Å². The normalized spacial score (nSPS) is 14.3. The second-order valence-electron chi connectivity index (χ2n) is 7.93. The summed E-state index contributed by atoms with van der Waals surface area (Å²) in [4.78, 5) is 12.5. The van der Waals surface area contributed by atoms with E-state index in [1.54, 1.807) is 42.5 Å². The Balaban J connectivity index is 1.53. The number of rotatable bonds is 9. The number of nitriles is 1. The fourth-order valence-electron chi connectivity index (χ4n) is 3.97. The van der Waals surface area contributed by atoms with E-state index < -0.39 is 5.92 Å². The highest BCUT2D eigenvalue weighted by atomic mass is 16.5. The van der Waals surface area contributed by atoms with Crippen LogP contribution in [0.3, 0.4) is 0 Å². The summed E-state index contributed by atoms with van der Waals surface area (Å²) in [6.07, 6.45) is 0. The molecule has 1 aliphatic rings. The molecule has 1 amide bonds. The Kier molecular flexibility index (Phi) is 7.30. The summed E-state index contributed by atoms with van der Waals surface area (Å²) in [6.45, 7) is 6.34. The molecule has 1 atom stereocenters. The monoisotopic (exact) mass is 489 g/mol. The molecule has 0 fully saturated rings. The van der Waals surface area contributed by atoms with Gasteiger partial charge >= 0.3 is 0 Å². The van der Waals surface area contributed by atoms with Gasteiger partial charge in [0.25, 0.3) is 5.91 Å². The third-order valence-corrected chi connectivity index (χ3v) is 5.54. The highest BCUT2D eigenvalue weighted by molar-refractivity contribution is 5.91. The van der Waals surface area contributed by atoms with Gasteiger partial charge in [0, 0.05) is 16.9 Å². The number of carbonyl (C=O) groups excluding carboxylic acids is 1. The van der Waals surface area contributed by atoms with Crippen LogP contribution in [0.25, 0.3) is 0 Å². The number of H-pyrrole nitrogens is 1. The first-order valence-corrected chi connectivity index (χ1v) is 11.5. The van der Waals surface area contributed by atoms with Gasteiger partial charge in [-0.05, 0) is 62.7 Å². The maximum absolute atomic E-state index is 12.5. The Morgan fingerprint density at radius 3 is 2.58 bits per heavy atom. The highest BCUT2D eigenvalue weighted by Gasteiger charge is 2.34. The Labute approximate surface area is 208 Å². The largest absolute Gasteiger partial charge is 0.494 e. The summed E-state index contributed by atoms with van der Waals surface area (Å²) in [5, 5.41) is 19.6. The van der Waals surface area contributed by atoms with Crippen LogP contribution < -0.4 is 30.0 Å². The van der Waals surface area contributed by atoms with Crippen molar-refractivity contribution in [3.8, 4) is 29.2 Å². The number of anilines is 1. The minimum absolute atomic E-state index is 0.00532. The molecular formula is C26H27N5O5. The van der Waals surface area contributed by atoms with Crippen molar-refractivity contribution in [2.75, 3.05) is 25.1 Å². The fraction of sp³-hybridized carbons (Fsp3) is 0.269. The third-order valence-electron chi connectivity index (χ3n) is 5.54. The van der Waals surface area contributed by atoms with Gasteiger partial charge in [0.15, 0.2) is 18.1 Å². The number of nitrogens with one attached hydrogen (secondary N) is 2. The topological polar surface area (TPSA) is 145 Å². The zero-order valence-electron chi connectivity index (χ0n) is 20.3. The minimum Gasteiger partial charge on any atom is -0.494 e. The molecular weight excluding hydrogens is 462 g/mol. The highest BCUT2D eigenvalue weighted by Crippen LogP contribution is 2.44. The van der Waals surface area contributed by atoms with Crippen LogP contribution in [0.15, 0.2) is 53.9 Å². The van der Waals surface area contributed by atoms with Gasteiger partial charge in [-0.1, -0.05) is 6.07 Å². The second kappa shape index (κ2) is 10.7. The lowest BCUT2D eigenvalue weighted by molar-refractivity contribution is -0.118. The first-order valence-electron chi connectivity index (χ1n) is 11.5. The number of amides is 1. The average Bonchev–Trinajstić information content (AvgIpc) is 3.23. The zero-order valence-corrected chi connectivity index (χ0v) is 20.3. The van der Waals surface area contributed by atoms with Crippen molar-refractivity contribution in [3.63, 3.8) is 0 Å². The number of fused-ring (bicyclic) bond motifs is 1. The molecule has 1 aromatic heterocycles. The van der Waals surface area contributed by atoms with E-state index >= 15 is 0 Å². The van der Waals surface area contributed by atoms with Gasteiger partial charge in [-0.3, -0.25) is 9.89 Å². The van der Waals surface area contributed by atoms with E-state index in [4.69, 9.17) is 24.7 Å². The molecule has 0 saturated carbocycles. The van der Waals surface area contributed by atoms with Crippen LogP contribution in [0.2, 0.25) is 0 Å². The van der Waals surface area contributed by atoms with E-state index in [9.17, 15) is 10.1 Å². The van der Waals surface area contributed by atoms with Crippen LogP contribution in [-0.2, 0) is 4.79 Å². The number of benzene rings is 2. The van der Waals surface area contributed by atoms with Gasteiger partial charge in [-0.25, -0.2) is 0 Å². The lowest BCUT2D eigenvalue weighted by atomic mass is 9.84. The molecule has 2 heterocycles. The summed E-state index contributed by atoms with van der Waals surface area (Å²) in [6, 6.07) is 14.5. The van der Waals surface area contributed by atoms with E-state index in [0.29, 0.717) is 36.3 Å². The molecule has 0 saturated heterocycles. The molecule has 0 radical (unpaired) electrons. The quantitative estimate of drug-likeness (QED) is 0.412. The predicted octanol–water partition coefficient (Wildman–Crippen LogP) is 3.75. The predicted molar refractivity (Wildman–Crippen MR) is 132 cm³/mol. The zero-order chi connectivity index (χ0) is 25.7. The third kappa shape index (κ3) is 5.05. The van der Waals surface area contributed by atoms with Crippen LogP contribution in [0, 0.1) is 18.3 Å². The van der Waals surface area contributed by atoms with Crippen molar-refractivity contribution in [1.29, 1.82) is 5.26 Å². The van der Waals surface area contributed by atoms with Gasteiger partial charge in [-0.15, -0.1) is 5.10 Å². The van der Waals surface area contributed by atoms with Crippen molar-refractivity contribution in [2.24, 2.45) is 5.73 Å². The number of aryl methyl sites for hydroxylation is 1.